The van der Waals surface area contributed by atoms with Gasteiger partial charge in [-0.3, -0.25) is 9.69 Å². The third-order valence-corrected chi connectivity index (χ3v) is 6.04. The summed E-state index contributed by atoms with van der Waals surface area (Å²) in [6.45, 7) is 2.33. The molecule has 2 heterocycles. The van der Waals surface area contributed by atoms with Crippen LogP contribution < -0.4 is 14.8 Å². The molecule has 6 heteroatoms. The predicted molar refractivity (Wildman–Crippen MR) is 121 cm³/mol. The Hall–Kier alpha value is -3.25. The van der Waals surface area contributed by atoms with Gasteiger partial charge in [-0.1, -0.05) is 24.3 Å². The fraction of sp³-hybridized carbons (Fsp3) is 0.320. The summed E-state index contributed by atoms with van der Waals surface area (Å²) in [4.78, 5) is 15.5. The van der Waals surface area contributed by atoms with Crippen LogP contribution in [0.4, 0.5) is 0 Å². The number of aromatic nitrogens is 1. The van der Waals surface area contributed by atoms with E-state index in [-0.39, 0.29) is 11.9 Å². The Morgan fingerprint density at radius 1 is 1.06 bits per heavy atom. The molecule has 0 fully saturated rings. The number of benzene rings is 2. The van der Waals surface area contributed by atoms with Gasteiger partial charge in [0.25, 0.3) is 5.91 Å². The van der Waals surface area contributed by atoms with E-state index in [9.17, 15) is 4.79 Å². The van der Waals surface area contributed by atoms with E-state index in [1.807, 2.05) is 0 Å². The van der Waals surface area contributed by atoms with E-state index in [1.54, 1.807) is 32.4 Å². The van der Waals surface area contributed by atoms with Crippen molar-refractivity contribution in [3.63, 3.8) is 0 Å². The molecule has 2 aromatic carbocycles. The number of hydrogen-bond acceptors (Lipinski definition) is 4. The second-order valence-electron chi connectivity index (χ2n) is 7.83. The van der Waals surface area contributed by atoms with Crippen LogP contribution in [-0.2, 0) is 20.0 Å². The number of aryl methyl sites for hydroxylation is 1. The maximum absolute atomic E-state index is 13.0. The highest BCUT2D eigenvalue weighted by molar-refractivity contribution is 5.97. The third kappa shape index (κ3) is 4.44. The molecule has 3 aromatic rings. The lowest BCUT2D eigenvalue weighted by Gasteiger charge is -2.36. The second kappa shape index (κ2) is 9.27. The third-order valence-electron chi connectivity index (χ3n) is 6.04. The van der Waals surface area contributed by atoms with E-state index < -0.39 is 0 Å². The van der Waals surface area contributed by atoms with Gasteiger partial charge in [0.2, 0.25) is 0 Å². The standard InChI is InChI=1S/C25H29N3O3/c1-27-13-6-9-22(27)23(28-14-12-18-7-4-5-8-19(18)17-28)16-26-25(29)21-11-10-20(30-2)15-24(21)31-3/h4-11,13,15,23H,12,14,16-17H2,1-3H3,(H,26,29). The molecule has 1 aliphatic heterocycles. The first-order valence-corrected chi connectivity index (χ1v) is 10.5. The van der Waals surface area contributed by atoms with Crippen molar-refractivity contribution in [2.45, 2.75) is 19.0 Å². The summed E-state index contributed by atoms with van der Waals surface area (Å²) in [5.74, 6) is 0.998. The van der Waals surface area contributed by atoms with E-state index in [4.69, 9.17) is 9.47 Å². The largest absolute Gasteiger partial charge is 0.497 e. The first-order chi connectivity index (χ1) is 15.1. The Morgan fingerprint density at radius 2 is 1.87 bits per heavy atom. The van der Waals surface area contributed by atoms with E-state index in [0.29, 0.717) is 23.6 Å². The van der Waals surface area contributed by atoms with Crippen molar-refractivity contribution in [3.8, 4) is 11.5 Å². The number of amides is 1. The van der Waals surface area contributed by atoms with Gasteiger partial charge in [0, 0.05) is 44.6 Å². The van der Waals surface area contributed by atoms with Gasteiger partial charge in [-0.25, -0.2) is 0 Å². The topological polar surface area (TPSA) is 55.7 Å². The summed E-state index contributed by atoms with van der Waals surface area (Å²) in [5, 5.41) is 3.13. The van der Waals surface area contributed by atoms with Crippen molar-refractivity contribution in [3.05, 3.63) is 83.2 Å². The van der Waals surface area contributed by atoms with E-state index >= 15 is 0 Å². The molecule has 0 spiro atoms. The minimum Gasteiger partial charge on any atom is -0.497 e. The van der Waals surface area contributed by atoms with Gasteiger partial charge in [0.1, 0.15) is 11.5 Å². The first-order valence-electron chi connectivity index (χ1n) is 10.5. The zero-order valence-corrected chi connectivity index (χ0v) is 18.3. The van der Waals surface area contributed by atoms with Gasteiger partial charge in [0.15, 0.2) is 0 Å². The second-order valence-corrected chi connectivity index (χ2v) is 7.83. The molecule has 0 bridgehead atoms. The van der Waals surface area contributed by atoms with Crippen molar-refractivity contribution in [1.82, 2.24) is 14.8 Å². The fourth-order valence-electron chi connectivity index (χ4n) is 4.30. The molecular formula is C25H29N3O3. The summed E-state index contributed by atoms with van der Waals surface area (Å²) in [6, 6.07) is 18.1. The number of carbonyl (C=O) groups is 1. The van der Waals surface area contributed by atoms with E-state index in [0.717, 1.165) is 19.5 Å². The molecule has 0 radical (unpaired) electrons. The molecule has 1 aliphatic rings. The number of nitrogens with one attached hydrogen (secondary N) is 1. The molecule has 162 valence electrons. The van der Waals surface area contributed by atoms with Gasteiger partial charge >= 0.3 is 0 Å². The molecule has 1 amide bonds. The number of ether oxygens (including phenoxy) is 2. The zero-order valence-electron chi connectivity index (χ0n) is 18.3. The number of nitrogens with zero attached hydrogens (tertiary/aromatic N) is 2. The Bertz CT molecular complexity index is 1060. The molecule has 1 aromatic heterocycles. The molecule has 4 rings (SSSR count). The Kier molecular flexibility index (Phi) is 6.28. The Morgan fingerprint density at radius 3 is 2.58 bits per heavy atom. The zero-order chi connectivity index (χ0) is 21.8. The van der Waals surface area contributed by atoms with Crippen molar-refractivity contribution >= 4 is 5.91 Å². The van der Waals surface area contributed by atoms with E-state index in [2.05, 4.69) is 64.4 Å². The van der Waals surface area contributed by atoms with Crippen LogP contribution in [0.3, 0.4) is 0 Å². The lowest BCUT2D eigenvalue weighted by Crippen LogP contribution is -2.41. The monoisotopic (exact) mass is 419 g/mol. The van der Waals surface area contributed by atoms with Gasteiger partial charge in [-0.05, 0) is 41.8 Å². The van der Waals surface area contributed by atoms with Crippen molar-refractivity contribution in [1.29, 1.82) is 0 Å². The highest BCUT2D eigenvalue weighted by Crippen LogP contribution is 2.28. The summed E-state index contributed by atoms with van der Waals surface area (Å²) in [7, 11) is 5.20. The van der Waals surface area contributed by atoms with Crippen LogP contribution >= 0.6 is 0 Å². The van der Waals surface area contributed by atoms with Gasteiger partial charge in [0.05, 0.1) is 25.8 Å². The molecule has 6 nitrogen and oxygen atoms in total. The number of fused-ring (bicyclic) bond motifs is 1. The first kappa shape index (κ1) is 21.0. The molecule has 0 saturated carbocycles. The molecule has 31 heavy (non-hydrogen) atoms. The summed E-state index contributed by atoms with van der Waals surface area (Å²) in [5.41, 5.74) is 4.45. The number of hydrogen-bond donors (Lipinski definition) is 1. The van der Waals surface area contributed by atoms with E-state index in [1.165, 1.54) is 16.8 Å². The van der Waals surface area contributed by atoms with Crippen molar-refractivity contribution < 1.29 is 14.3 Å². The Labute approximate surface area is 183 Å². The lowest BCUT2D eigenvalue weighted by atomic mass is 9.97. The van der Waals surface area contributed by atoms with Crippen LogP contribution in [0, 0.1) is 0 Å². The van der Waals surface area contributed by atoms with Gasteiger partial charge in [-0.2, -0.15) is 0 Å². The maximum atomic E-state index is 13.0. The van der Waals surface area contributed by atoms with Crippen LogP contribution in [-0.4, -0.2) is 42.7 Å². The summed E-state index contributed by atoms with van der Waals surface area (Å²) in [6.07, 6.45) is 3.06. The minimum absolute atomic E-state index is 0.0709. The average Bonchev–Trinajstić information content (AvgIpc) is 3.24. The van der Waals surface area contributed by atoms with Crippen molar-refractivity contribution in [2.75, 3.05) is 27.3 Å². The highest BCUT2D eigenvalue weighted by Gasteiger charge is 2.27. The summed E-state index contributed by atoms with van der Waals surface area (Å²) < 4.78 is 12.8. The molecule has 1 unspecified atom stereocenters. The smallest absolute Gasteiger partial charge is 0.255 e. The summed E-state index contributed by atoms with van der Waals surface area (Å²) >= 11 is 0. The van der Waals surface area contributed by atoms with Crippen molar-refractivity contribution in [2.24, 2.45) is 7.05 Å². The predicted octanol–water partition coefficient (Wildman–Crippen LogP) is 3.57. The normalized spacial score (nSPS) is 14.5. The molecule has 0 aliphatic carbocycles. The van der Waals surface area contributed by atoms with Crippen LogP contribution in [0.15, 0.2) is 60.8 Å². The number of methoxy groups -OCH3 is 2. The van der Waals surface area contributed by atoms with Crippen LogP contribution in [0.5, 0.6) is 11.5 Å². The molecule has 1 atom stereocenters. The number of rotatable bonds is 7. The fourth-order valence-corrected chi connectivity index (χ4v) is 4.30. The average molecular weight is 420 g/mol. The van der Waals surface area contributed by atoms with Gasteiger partial charge in [-0.15, -0.1) is 0 Å². The minimum atomic E-state index is -0.156. The molecule has 0 saturated heterocycles. The molecular weight excluding hydrogens is 390 g/mol. The van der Waals surface area contributed by atoms with Crippen LogP contribution in [0.1, 0.15) is 33.2 Å². The SMILES string of the molecule is COc1ccc(C(=O)NCC(c2cccn2C)N2CCc3ccccc3C2)c(OC)c1. The van der Waals surface area contributed by atoms with Crippen LogP contribution in [0.25, 0.3) is 0 Å². The quantitative estimate of drug-likeness (QED) is 0.636. The molecule has 1 N–H and O–H groups in total. The lowest BCUT2D eigenvalue weighted by molar-refractivity contribution is 0.0922. The van der Waals surface area contributed by atoms with Crippen LogP contribution in [0.2, 0.25) is 0 Å². The maximum Gasteiger partial charge on any atom is 0.255 e. The Balaban J connectivity index is 1.54. The van der Waals surface area contributed by atoms with Gasteiger partial charge < -0.3 is 19.4 Å². The highest BCUT2D eigenvalue weighted by atomic mass is 16.5. The number of carbonyl (C=O) groups excluding carboxylic acids is 1.